The van der Waals surface area contributed by atoms with Crippen LogP contribution in [0, 0.1) is 10.5 Å². The van der Waals surface area contributed by atoms with E-state index in [-0.39, 0.29) is 17.4 Å². The Balaban J connectivity index is 2.95. The van der Waals surface area contributed by atoms with Gasteiger partial charge in [0.2, 0.25) is 0 Å². The van der Waals surface area contributed by atoms with Gasteiger partial charge in [-0.3, -0.25) is 0 Å². The van der Waals surface area contributed by atoms with Gasteiger partial charge in [-0.15, -0.1) is 0 Å². The molecule has 1 aromatic heterocycles. The highest BCUT2D eigenvalue weighted by molar-refractivity contribution is 14.1. The van der Waals surface area contributed by atoms with Gasteiger partial charge in [0.05, 0.1) is 9.26 Å². The maximum Gasteiger partial charge on any atom is 0.405 e. The van der Waals surface area contributed by atoms with Gasteiger partial charge in [0.15, 0.2) is 11.1 Å². The van der Waals surface area contributed by atoms with Crippen LogP contribution in [0.15, 0.2) is 0 Å². The number of aromatic nitrogens is 2. The number of aryl methyl sites for hydroxylation is 1. The number of hydrogen-bond acceptors (Lipinski definition) is 4. The van der Waals surface area contributed by atoms with E-state index in [4.69, 9.17) is 4.55 Å². The average molecular weight is 395 g/mol. The lowest BCUT2D eigenvalue weighted by Crippen LogP contribution is -2.23. The zero-order valence-electron chi connectivity index (χ0n) is 9.08. The second-order valence-corrected chi connectivity index (χ2v) is 5.33. The summed E-state index contributed by atoms with van der Waals surface area (Å²) in [4.78, 5) is 7.72. The molecule has 0 aliphatic carbocycles. The van der Waals surface area contributed by atoms with Crippen molar-refractivity contribution in [3.05, 3.63) is 15.1 Å². The number of hydrogen-bond donors (Lipinski definition) is 2. The molecule has 18 heavy (non-hydrogen) atoms. The van der Waals surface area contributed by atoms with Gasteiger partial charge in [-0.1, -0.05) is 0 Å². The van der Waals surface area contributed by atoms with Crippen molar-refractivity contribution in [1.29, 1.82) is 0 Å². The van der Waals surface area contributed by atoms with Crippen LogP contribution in [-0.2, 0) is 16.8 Å². The summed E-state index contributed by atoms with van der Waals surface area (Å²) < 4.78 is 56.0. The van der Waals surface area contributed by atoms with Gasteiger partial charge in [-0.05, 0) is 29.5 Å². The Hall–Kier alpha value is -0.490. The summed E-state index contributed by atoms with van der Waals surface area (Å²) in [5.41, 5.74) is 0.454. The van der Waals surface area contributed by atoms with Crippen LogP contribution < -0.4 is 5.32 Å². The molecule has 2 N–H and O–H groups in total. The summed E-state index contributed by atoms with van der Waals surface area (Å²) in [6.07, 6.45) is -4.36. The van der Waals surface area contributed by atoms with Crippen molar-refractivity contribution in [2.45, 2.75) is 18.9 Å². The maximum atomic E-state index is 12.1. The zero-order chi connectivity index (χ0) is 13.9. The van der Waals surface area contributed by atoms with Crippen molar-refractivity contribution in [3.63, 3.8) is 0 Å². The Morgan fingerprint density at radius 1 is 1.44 bits per heavy atom. The fourth-order valence-corrected chi connectivity index (χ4v) is 1.88. The third-order valence-electron chi connectivity index (χ3n) is 1.77. The SMILES string of the molecule is Cc1nc(CS(=O)O)nc(NCC(F)(F)F)c1I. The zero-order valence-corrected chi connectivity index (χ0v) is 12.1. The summed E-state index contributed by atoms with van der Waals surface area (Å²) >= 11 is -0.325. The number of nitrogens with zero attached hydrogens (tertiary/aromatic N) is 2. The summed E-state index contributed by atoms with van der Waals surface area (Å²) in [6.45, 7) is 0.368. The first-order valence-electron chi connectivity index (χ1n) is 4.60. The summed E-state index contributed by atoms with van der Waals surface area (Å²) in [7, 11) is 0. The van der Waals surface area contributed by atoms with Gasteiger partial charge in [-0.2, -0.15) is 13.2 Å². The van der Waals surface area contributed by atoms with Crippen LogP contribution in [0.3, 0.4) is 0 Å². The molecule has 0 saturated carbocycles. The third kappa shape index (κ3) is 5.02. The lowest BCUT2D eigenvalue weighted by Gasteiger charge is -2.12. The number of halogens is 4. The molecule has 0 aliphatic heterocycles. The topological polar surface area (TPSA) is 75.1 Å². The van der Waals surface area contributed by atoms with E-state index in [2.05, 4.69) is 15.3 Å². The Labute approximate surface area is 117 Å². The van der Waals surface area contributed by atoms with E-state index in [9.17, 15) is 17.4 Å². The average Bonchev–Trinajstić information content (AvgIpc) is 2.19. The number of rotatable bonds is 4. The van der Waals surface area contributed by atoms with Crippen LogP contribution in [-0.4, -0.2) is 31.5 Å². The second kappa shape index (κ2) is 6.10. The maximum absolute atomic E-state index is 12.1. The highest BCUT2D eigenvalue weighted by Gasteiger charge is 2.27. The molecule has 0 aliphatic rings. The summed E-state index contributed by atoms with van der Waals surface area (Å²) in [5, 5.41) is 2.14. The largest absolute Gasteiger partial charge is 0.405 e. The molecule has 0 amide bonds. The first kappa shape index (κ1) is 15.6. The van der Waals surface area contributed by atoms with Gasteiger partial charge in [-0.25, -0.2) is 14.2 Å². The van der Waals surface area contributed by atoms with Crippen LogP contribution in [0.5, 0.6) is 0 Å². The van der Waals surface area contributed by atoms with Crippen LogP contribution in [0.25, 0.3) is 0 Å². The molecule has 102 valence electrons. The summed E-state index contributed by atoms with van der Waals surface area (Å²) in [5.74, 6) is -0.280. The minimum Gasteiger partial charge on any atom is -0.360 e. The highest BCUT2D eigenvalue weighted by Crippen LogP contribution is 2.21. The Bertz CT molecular complexity index is 470. The van der Waals surface area contributed by atoms with E-state index in [1.807, 2.05) is 22.6 Å². The van der Waals surface area contributed by atoms with Crippen molar-refractivity contribution in [2.24, 2.45) is 0 Å². The van der Waals surface area contributed by atoms with E-state index in [1.165, 1.54) is 0 Å². The Morgan fingerprint density at radius 3 is 2.56 bits per heavy atom. The third-order valence-corrected chi connectivity index (χ3v) is 3.57. The van der Waals surface area contributed by atoms with Crippen molar-refractivity contribution >= 4 is 39.5 Å². The molecule has 0 saturated heterocycles. The molecule has 0 spiro atoms. The minimum absolute atomic E-state index is 0.0147. The van der Waals surface area contributed by atoms with E-state index >= 15 is 0 Å². The molecule has 10 heteroatoms. The first-order valence-corrected chi connectivity index (χ1v) is 6.95. The van der Waals surface area contributed by atoms with E-state index in [0.29, 0.717) is 9.26 Å². The van der Waals surface area contributed by atoms with Crippen molar-refractivity contribution in [3.8, 4) is 0 Å². The summed E-state index contributed by atoms with van der Waals surface area (Å²) in [6, 6.07) is 0. The van der Waals surface area contributed by atoms with Crippen molar-refractivity contribution in [2.75, 3.05) is 11.9 Å². The fourth-order valence-electron chi connectivity index (χ4n) is 1.09. The molecule has 0 radical (unpaired) electrons. The highest BCUT2D eigenvalue weighted by atomic mass is 127. The smallest absolute Gasteiger partial charge is 0.360 e. The molecule has 0 fully saturated rings. The monoisotopic (exact) mass is 395 g/mol. The number of anilines is 1. The first-order chi connectivity index (χ1) is 8.19. The van der Waals surface area contributed by atoms with E-state index in [0.717, 1.165) is 0 Å². The predicted molar refractivity (Wildman–Crippen MR) is 68.5 cm³/mol. The van der Waals surface area contributed by atoms with Crippen LogP contribution in [0.2, 0.25) is 0 Å². The second-order valence-electron chi connectivity index (χ2n) is 3.32. The Kier molecular flexibility index (Phi) is 5.28. The standard InChI is InChI=1S/C8H9F3IN3O2S/c1-4-6(12)7(13-3-8(9,10)11)15-5(14-4)2-18(16)17/h2-3H2,1H3,(H,16,17)(H,13,14,15). The molecular formula is C8H9F3IN3O2S. The molecule has 0 aromatic carbocycles. The van der Waals surface area contributed by atoms with Crippen molar-refractivity contribution in [1.82, 2.24) is 9.97 Å². The quantitative estimate of drug-likeness (QED) is 0.604. The lowest BCUT2D eigenvalue weighted by molar-refractivity contribution is -0.115. The fraction of sp³-hybridized carbons (Fsp3) is 0.500. The molecule has 1 atom stereocenters. The molecule has 0 bridgehead atoms. The number of nitrogens with one attached hydrogen (secondary N) is 1. The van der Waals surface area contributed by atoms with E-state index < -0.39 is 23.8 Å². The van der Waals surface area contributed by atoms with Gasteiger partial charge in [0.1, 0.15) is 23.9 Å². The molecule has 1 unspecified atom stereocenters. The van der Waals surface area contributed by atoms with Gasteiger partial charge < -0.3 is 9.87 Å². The molecule has 1 aromatic rings. The van der Waals surface area contributed by atoms with Gasteiger partial charge in [0.25, 0.3) is 0 Å². The molecule has 1 heterocycles. The van der Waals surface area contributed by atoms with E-state index in [1.54, 1.807) is 6.92 Å². The van der Waals surface area contributed by atoms with Gasteiger partial charge >= 0.3 is 6.18 Å². The molecule has 5 nitrogen and oxygen atoms in total. The minimum atomic E-state index is -4.36. The molecular weight excluding hydrogens is 386 g/mol. The lowest BCUT2D eigenvalue weighted by atomic mass is 10.4. The van der Waals surface area contributed by atoms with Crippen LogP contribution >= 0.6 is 22.6 Å². The Morgan fingerprint density at radius 2 is 2.06 bits per heavy atom. The van der Waals surface area contributed by atoms with Gasteiger partial charge in [0, 0.05) is 0 Å². The molecule has 1 rings (SSSR count). The van der Waals surface area contributed by atoms with Crippen LogP contribution in [0.1, 0.15) is 11.5 Å². The van der Waals surface area contributed by atoms with Crippen molar-refractivity contribution < 1.29 is 21.9 Å². The normalized spacial score (nSPS) is 13.4. The number of alkyl halides is 3. The predicted octanol–water partition coefficient (Wildman–Crippen LogP) is 2.09. The van der Waals surface area contributed by atoms with Crippen LogP contribution in [0.4, 0.5) is 19.0 Å².